The summed E-state index contributed by atoms with van der Waals surface area (Å²) in [6, 6.07) is 13.7. The van der Waals surface area contributed by atoms with Crippen molar-refractivity contribution >= 4 is 11.8 Å². The van der Waals surface area contributed by atoms with Crippen LogP contribution < -0.4 is 0 Å². The Kier molecular flexibility index (Phi) is 4.09. The molecule has 2 heterocycles. The first kappa shape index (κ1) is 15.0. The van der Waals surface area contributed by atoms with E-state index in [1.165, 1.54) is 18.4 Å². The molecule has 6 heteroatoms. The van der Waals surface area contributed by atoms with E-state index < -0.39 is 0 Å². The quantitative estimate of drug-likeness (QED) is 0.637. The second kappa shape index (κ2) is 6.54. The zero-order valence-corrected chi connectivity index (χ0v) is 13.9. The van der Waals surface area contributed by atoms with E-state index in [-0.39, 0.29) is 0 Å². The van der Waals surface area contributed by atoms with Gasteiger partial charge in [0.1, 0.15) is 11.6 Å². The molecule has 0 unspecified atom stereocenters. The molecule has 0 N–H and O–H groups in total. The third-order valence-electron chi connectivity index (χ3n) is 4.03. The summed E-state index contributed by atoms with van der Waals surface area (Å²) < 4.78 is 7.66. The molecule has 3 aromatic rings. The number of nitrogens with zero attached hydrogens (tertiary/aromatic N) is 4. The highest BCUT2D eigenvalue weighted by atomic mass is 32.2. The van der Waals surface area contributed by atoms with E-state index in [1.807, 2.05) is 36.4 Å². The topological polar surface area (TPSA) is 67.6 Å². The SMILES string of the molecule is N#Cc1ccc(CSc2nnc(C3CC3)n2Cc2ccco2)cc1. The number of hydrogen-bond donors (Lipinski definition) is 0. The van der Waals surface area contributed by atoms with Gasteiger partial charge in [0.05, 0.1) is 24.4 Å². The summed E-state index contributed by atoms with van der Waals surface area (Å²) >= 11 is 1.67. The number of rotatable bonds is 6. The van der Waals surface area contributed by atoms with Gasteiger partial charge in [-0.1, -0.05) is 23.9 Å². The van der Waals surface area contributed by atoms with Gasteiger partial charge < -0.3 is 4.42 Å². The van der Waals surface area contributed by atoms with Gasteiger partial charge in [-0.25, -0.2) is 0 Å². The molecule has 1 aliphatic carbocycles. The van der Waals surface area contributed by atoms with Crippen molar-refractivity contribution in [3.05, 3.63) is 65.4 Å². The Bertz CT molecular complexity index is 858. The first-order valence-corrected chi connectivity index (χ1v) is 8.89. The van der Waals surface area contributed by atoms with Crippen molar-refractivity contribution in [3.8, 4) is 6.07 Å². The van der Waals surface area contributed by atoms with Gasteiger partial charge in [0.25, 0.3) is 0 Å². The summed E-state index contributed by atoms with van der Waals surface area (Å²) in [5, 5.41) is 18.6. The fourth-order valence-electron chi connectivity index (χ4n) is 2.58. The van der Waals surface area contributed by atoms with E-state index in [2.05, 4.69) is 20.8 Å². The molecule has 0 atom stereocenters. The molecule has 120 valence electrons. The van der Waals surface area contributed by atoms with Crippen LogP contribution in [0.4, 0.5) is 0 Å². The average Bonchev–Trinajstić information content (AvgIpc) is 3.18. The van der Waals surface area contributed by atoms with E-state index in [0.717, 1.165) is 22.5 Å². The largest absolute Gasteiger partial charge is 0.467 e. The minimum absolute atomic E-state index is 0.539. The van der Waals surface area contributed by atoms with Crippen molar-refractivity contribution in [3.63, 3.8) is 0 Å². The van der Waals surface area contributed by atoms with Crippen LogP contribution in [-0.2, 0) is 12.3 Å². The highest BCUT2D eigenvalue weighted by Crippen LogP contribution is 2.40. The first-order chi connectivity index (χ1) is 11.8. The second-order valence-electron chi connectivity index (χ2n) is 5.88. The molecular weight excluding hydrogens is 320 g/mol. The van der Waals surface area contributed by atoms with E-state index in [1.54, 1.807) is 18.0 Å². The van der Waals surface area contributed by atoms with Gasteiger partial charge >= 0.3 is 0 Å². The highest BCUT2D eigenvalue weighted by molar-refractivity contribution is 7.98. The van der Waals surface area contributed by atoms with Crippen molar-refractivity contribution in [1.82, 2.24) is 14.8 Å². The molecule has 5 nitrogen and oxygen atoms in total. The Morgan fingerprint density at radius 3 is 2.71 bits per heavy atom. The lowest BCUT2D eigenvalue weighted by atomic mass is 10.2. The van der Waals surface area contributed by atoms with Crippen LogP contribution >= 0.6 is 11.8 Å². The predicted octanol–water partition coefficient (Wildman–Crippen LogP) is 3.96. The minimum Gasteiger partial charge on any atom is -0.467 e. The van der Waals surface area contributed by atoms with E-state index in [4.69, 9.17) is 9.68 Å². The third kappa shape index (κ3) is 3.22. The molecule has 24 heavy (non-hydrogen) atoms. The maximum Gasteiger partial charge on any atom is 0.191 e. The Morgan fingerprint density at radius 1 is 1.21 bits per heavy atom. The van der Waals surface area contributed by atoms with Crippen LogP contribution in [0.3, 0.4) is 0 Å². The van der Waals surface area contributed by atoms with Crippen LogP contribution in [0.2, 0.25) is 0 Å². The van der Waals surface area contributed by atoms with Gasteiger partial charge in [-0.2, -0.15) is 5.26 Å². The van der Waals surface area contributed by atoms with Crippen molar-refractivity contribution in [2.75, 3.05) is 0 Å². The van der Waals surface area contributed by atoms with Crippen LogP contribution in [0.25, 0.3) is 0 Å². The zero-order chi connectivity index (χ0) is 16.4. The van der Waals surface area contributed by atoms with Gasteiger partial charge in [0.2, 0.25) is 0 Å². The normalized spacial score (nSPS) is 13.8. The maximum absolute atomic E-state index is 8.87. The van der Waals surface area contributed by atoms with Gasteiger partial charge in [-0.3, -0.25) is 4.57 Å². The molecule has 1 aromatic carbocycles. The monoisotopic (exact) mass is 336 g/mol. The van der Waals surface area contributed by atoms with E-state index in [9.17, 15) is 0 Å². The van der Waals surface area contributed by atoms with Gasteiger partial charge in [-0.05, 0) is 42.7 Å². The molecule has 0 aliphatic heterocycles. The molecule has 4 rings (SSSR count). The van der Waals surface area contributed by atoms with Crippen LogP contribution in [0.1, 0.15) is 41.5 Å². The molecule has 1 aliphatic rings. The first-order valence-electron chi connectivity index (χ1n) is 7.91. The Morgan fingerprint density at radius 2 is 2.04 bits per heavy atom. The predicted molar refractivity (Wildman–Crippen MR) is 90.5 cm³/mol. The summed E-state index contributed by atoms with van der Waals surface area (Å²) in [6.07, 6.45) is 4.08. The molecule has 0 saturated heterocycles. The highest BCUT2D eigenvalue weighted by Gasteiger charge is 2.30. The summed E-state index contributed by atoms with van der Waals surface area (Å²) in [5.74, 6) is 3.31. The zero-order valence-electron chi connectivity index (χ0n) is 13.1. The average molecular weight is 336 g/mol. The van der Waals surface area contributed by atoms with Crippen molar-refractivity contribution < 1.29 is 4.42 Å². The Balaban J connectivity index is 1.52. The van der Waals surface area contributed by atoms with E-state index >= 15 is 0 Å². The van der Waals surface area contributed by atoms with Gasteiger partial charge in [-0.15, -0.1) is 10.2 Å². The number of furan rings is 1. The number of nitriles is 1. The van der Waals surface area contributed by atoms with Gasteiger partial charge in [0, 0.05) is 11.7 Å². The smallest absolute Gasteiger partial charge is 0.191 e. The van der Waals surface area contributed by atoms with Crippen LogP contribution in [0.15, 0.2) is 52.2 Å². The van der Waals surface area contributed by atoms with Crippen LogP contribution in [0.5, 0.6) is 0 Å². The summed E-state index contributed by atoms with van der Waals surface area (Å²) in [5.41, 5.74) is 1.85. The molecule has 0 amide bonds. The molecule has 2 aromatic heterocycles. The molecule has 0 radical (unpaired) electrons. The Labute approximate surface area is 144 Å². The van der Waals surface area contributed by atoms with Crippen LogP contribution in [-0.4, -0.2) is 14.8 Å². The van der Waals surface area contributed by atoms with Crippen molar-refractivity contribution in [1.29, 1.82) is 5.26 Å². The summed E-state index contributed by atoms with van der Waals surface area (Å²) in [4.78, 5) is 0. The number of benzene rings is 1. The maximum atomic E-state index is 8.87. The number of aromatic nitrogens is 3. The van der Waals surface area contributed by atoms with Crippen molar-refractivity contribution in [2.24, 2.45) is 0 Å². The standard InChI is InChI=1S/C18H16N4OS/c19-10-13-3-5-14(6-4-13)12-24-18-21-20-17(15-7-8-15)22(18)11-16-2-1-9-23-16/h1-6,9,15H,7-8,11-12H2. The van der Waals surface area contributed by atoms with Crippen molar-refractivity contribution in [2.45, 2.75) is 36.2 Å². The molecule has 0 bridgehead atoms. The fraction of sp³-hybridized carbons (Fsp3) is 0.278. The minimum atomic E-state index is 0.539. The fourth-order valence-corrected chi connectivity index (χ4v) is 3.48. The number of hydrogen-bond acceptors (Lipinski definition) is 5. The van der Waals surface area contributed by atoms with Gasteiger partial charge in [0.15, 0.2) is 5.16 Å². The molecule has 1 saturated carbocycles. The Hall–Kier alpha value is -2.52. The van der Waals surface area contributed by atoms with Crippen LogP contribution in [0, 0.1) is 11.3 Å². The lowest BCUT2D eigenvalue weighted by Crippen LogP contribution is -2.05. The molecule has 0 spiro atoms. The molecular formula is C18H16N4OS. The lowest BCUT2D eigenvalue weighted by Gasteiger charge is -2.08. The lowest BCUT2D eigenvalue weighted by molar-refractivity contribution is 0.478. The third-order valence-corrected chi connectivity index (χ3v) is 5.07. The molecule has 1 fully saturated rings. The summed E-state index contributed by atoms with van der Waals surface area (Å²) in [7, 11) is 0. The number of thioether (sulfide) groups is 1. The van der Waals surface area contributed by atoms with E-state index in [0.29, 0.717) is 18.0 Å². The summed E-state index contributed by atoms with van der Waals surface area (Å²) in [6.45, 7) is 0.668. The second-order valence-corrected chi connectivity index (χ2v) is 6.82.